The molecular weight excluding hydrogens is 80.0 g/mol. The summed E-state index contributed by atoms with van der Waals surface area (Å²) in [5.74, 6) is 0. The van der Waals surface area contributed by atoms with Gasteiger partial charge in [-0.15, -0.1) is 6.61 Å². The summed E-state index contributed by atoms with van der Waals surface area (Å²) < 4.78 is 0. The topological polar surface area (TPSA) is 59.3 Å². The van der Waals surface area contributed by atoms with Crippen LogP contribution in [-0.2, 0) is 0 Å². The van der Waals surface area contributed by atoms with Crippen molar-refractivity contribution in [2.24, 2.45) is 5.11 Å². The average molecular weight is 87.1 g/mol. The van der Waals surface area contributed by atoms with E-state index in [0.717, 1.165) is 0 Å². The van der Waals surface area contributed by atoms with Gasteiger partial charge in [-0.25, -0.2) is 5.53 Å². The van der Waals surface area contributed by atoms with Crippen molar-refractivity contribution in [2.45, 2.75) is 6.42 Å². The van der Waals surface area contributed by atoms with Crippen molar-refractivity contribution in [3.8, 4) is 0 Å². The first kappa shape index (κ1) is 5.56. The minimum atomic E-state index is -0.109. The molecule has 0 heterocycles. The molecule has 0 radical (unpaired) electrons. The molecule has 0 unspecified atom stereocenters. The summed E-state index contributed by atoms with van der Waals surface area (Å²) >= 11 is 0. The number of hydrogen-bond donors (Lipinski definition) is 1. The minimum Gasteiger partial charge on any atom is -0.854 e. The van der Waals surface area contributed by atoms with Crippen LogP contribution in [0.2, 0.25) is 0 Å². The molecule has 3 heteroatoms. The monoisotopic (exact) mass is 87.1 g/mol. The molecule has 36 valence electrons. The second-order valence-corrected chi connectivity index (χ2v) is 0.939. The lowest BCUT2D eigenvalue weighted by molar-refractivity contribution is -0.367. The van der Waals surface area contributed by atoms with Crippen LogP contribution in [-0.4, -0.2) is 13.2 Å². The zero-order chi connectivity index (χ0) is 4.83. The van der Waals surface area contributed by atoms with Gasteiger partial charge in [0.15, 0.2) is 0 Å². The Balaban J connectivity index is 2.49. The van der Waals surface area contributed by atoms with E-state index in [2.05, 4.69) is 5.11 Å². The van der Waals surface area contributed by atoms with Gasteiger partial charge in [0.25, 0.3) is 0 Å². The molecule has 0 fully saturated rings. The number of hydrogen-bond acceptors (Lipinski definition) is 3. The largest absolute Gasteiger partial charge is 0.854 e. The minimum absolute atomic E-state index is 0.109. The molecule has 0 saturated carbocycles. The van der Waals surface area contributed by atoms with Crippen molar-refractivity contribution in [1.82, 2.24) is 0 Å². The third kappa shape index (κ3) is 3.56. The number of rotatable bonds is 3. The summed E-state index contributed by atoms with van der Waals surface area (Å²) in [6.45, 7) is 0.284. The predicted molar refractivity (Wildman–Crippen MR) is 19.5 cm³/mol. The smallest absolute Gasteiger partial charge is 0.0583 e. The molecule has 0 aromatic rings. The van der Waals surface area contributed by atoms with Gasteiger partial charge in [0.1, 0.15) is 0 Å². The van der Waals surface area contributed by atoms with E-state index in [0.29, 0.717) is 13.0 Å². The fourth-order valence-corrected chi connectivity index (χ4v) is 0.144. The van der Waals surface area contributed by atoms with Crippen LogP contribution >= 0.6 is 0 Å². The van der Waals surface area contributed by atoms with Crippen LogP contribution in [0.15, 0.2) is 5.11 Å². The molecule has 0 bridgehead atoms. The molecule has 0 aromatic carbocycles. The molecular formula is C3H7N2O-. The van der Waals surface area contributed by atoms with E-state index in [1.165, 1.54) is 0 Å². The zero-order valence-electron chi connectivity index (χ0n) is 3.48. The summed E-state index contributed by atoms with van der Waals surface area (Å²) in [5, 5.41) is 12.5. The predicted octanol–water partition coefficient (Wildman–Crippen LogP) is -0.232. The lowest BCUT2D eigenvalue weighted by atomic mass is 10.5. The van der Waals surface area contributed by atoms with Gasteiger partial charge in [-0.1, -0.05) is 0 Å². The first-order valence-electron chi connectivity index (χ1n) is 1.83. The SMILES string of the molecule is N=NCCC[O-]. The van der Waals surface area contributed by atoms with E-state index in [9.17, 15) is 5.11 Å². The molecule has 0 aliphatic heterocycles. The van der Waals surface area contributed by atoms with Gasteiger partial charge >= 0.3 is 0 Å². The van der Waals surface area contributed by atoms with Gasteiger partial charge < -0.3 is 5.11 Å². The first-order valence-corrected chi connectivity index (χ1v) is 1.83. The van der Waals surface area contributed by atoms with Crippen LogP contribution in [0.1, 0.15) is 6.42 Å². The van der Waals surface area contributed by atoms with E-state index < -0.39 is 0 Å². The fraction of sp³-hybridized carbons (Fsp3) is 1.00. The third-order valence-electron chi connectivity index (χ3n) is 0.414. The Morgan fingerprint density at radius 3 is 2.50 bits per heavy atom. The Bertz CT molecular complexity index is 37.8. The highest BCUT2D eigenvalue weighted by atomic mass is 16.3. The second kappa shape index (κ2) is 4.56. The summed E-state index contributed by atoms with van der Waals surface area (Å²) in [4.78, 5) is 0. The van der Waals surface area contributed by atoms with Gasteiger partial charge in [-0.3, -0.25) is 0 Å². The molecule has 0 amide bonds. The van der Waals surface area contributed by atoms with E-state index in [-0.39, 0.29) is 6.61 Å². The second-order valence-electron chi connectivity index (χ2n) is 0.939. The molecule has 0 aliphatic rings. The maximum atomic E-state index is 9.55. The van der Waals surface area contributed by atoms with Crippen LogP contribution in [0, 0.1) is 5.53 Å². The lowest BCUT2D eigenvalue weighted by Gasteiger charge is -1.94. The van der Waals surface area contributed by atoms with Gasteiger partial charge in [-0.2, -0.15) is 5.11 Å². The molecule has 0 aromatic heterocycles. The molecule has 0 saturated heterocycles. The van der Waals surface area contributed by atoms with Crippen LogP contribution in [0.5, 0.6) is 0 Å². The first-order chi connectivity index (χ1) is 2.91. The Hall–Kier alpha value is -0.440. The third-order valence-corrected chi connectivity index (χ3v) is 0.414. The van der Waals surface area contributed by atoms with Crippen molar-refractivity contribution < 1.29 is 5.11 Å². The molecule has 6 heavy (non-hydrogen) atoms. The maximum Gasteiger partial charge on any atom is 0.0583 e. The zero-order valence-corrected chi connectivity index (χ0v) is 3.48. The van der Waals surface area contributed by atoms with Gasteiger partial charge in [0.2, 0.25) is 0 Å². The quantitative estimate of drug-likeness (QED) is 0.375. The van der Waals surface area contributed by atoms with Crippen LogP contribution in [0.4, 0.5) is 0 Å². The van der Waals surface area contributed by atoms with E-state index in [4.69, 9.17) is 5.53 Å². The maximum absolute atomic E-state index is 9.55. The Morgan fingerprint density at radius 2 is 2.33 bits per heavy atom. The highest BCUT2D eigenvalue weighted by Gasteiger charge is 1.67. The molecule has 1 N–H and O–H groups in total. The van der Waals surface area contributed by atoms with Crippen LogP contribution in [0.3, 0.4) is 0 Å². The molecule has 3 nitrogen and oxygen atoms in total. The van der Waals surface area contributed by atoms with E-state index >= 15 is 0 Å². The van der Waals surface area contributed by atoms with Gasteiger partial charge in [-0.05, 0) is 6.42 Å². The summed E-state index contributed by atoms with van der Waals surface area (Å²) in [5.41, 5.74) is 6.19. The average Bonchev–Trinajstić information content (AvgIpc) is 1.61. The number of nitrogens with zero attached hydrogens (tertiary/aromatic N) is 1. The molecule has 0 atom stereocenters. The lowest BCUT2D eigenvalue weighted by Crippen LogP contribution is -2.05. The Morgan fingerprint density at radius 1 is 1.67 bits per heavy atom. The van der Waals surface area contributed by atoms with E-state index in [1.807, 2.05) is 0 Å². The van der Waals surface area contributed by atoms with Crippen molar-refractivity contribution in [3.05, 3.63) is 0 Å². The molecule has 0 rings (SSSR count). The molecule has 0 aliphatic carbocycles. The van der Waals surface area contributed by atoms with Gasteiger partial charge in [0, 0.05) is 0 Å². The standard InChI is InChI=1S/C3H7N2O/c4-5-2-1-3-6/h4H,1-3H2/q-1. The normalized spacial score (nSPS) is 8.17. The van der Waals surface area contributed by atoms with E-state index in [1.54, 1.807) is 0 Å². The fourth-order valence-electron chi connectivity index (χ4n) is 0.144. The van der Waals surface area contributed by atoms with Crippen LogP contribution < -0.4 is 5.11 Å². The summed E-state index contributed by atoms with van der Waals surface area (Å²) in [6, 6.07) is 0. The van der Waals surface area contributed by atoms with Gasteiger partial charge in [0.05, 0.1) is 6.54 Å². The van der Waals surface area contributed by atoms with Crippen molar-refractivity contribution >= 4 is 0 Å². The van der Waals surface area contributed by atoms with Crippen molar-refractivity contribution in [1.29, 1.82) is 5.53 Å². The van der Waals surface area contributed by atoms with Crippen molar-refractivity contribution in [2.75, 3.05) is 13.2 Å². The van der Waals surface area contributed by atoms with Crippen LogP contribution in [0.25, 0.3) is 0 Å². The highest BCUT2D eigenvalue weighted by Crippen LogP contribution is 1.71. The Kier molecular flexibility index (Phi) is 4.23. The summed E-state index contributed by atoms with van der Waals surface area (Å²) in [6.07, 6.45) is 0.503. The Labute approximate surface area is 36.5 Å². The highest BCUT2D eigenvalue weighted by molar-refractivity contribution is 4.31. The number of nitrogens with one attached hydrogen (secondary N) is 1. The molecule has 0 spiro atoms. The van der Waals surface area contributed by atoms with Crippen molar-refractivity contribution in [3.63, 3.8) is 0 Å². The summed E-state index contributed by atoms with van der Waals surface area (Å²) in [7, 11) is 0.